The van der Waals surface area contributed by atoms with Gasteiger partial charge in [0.1, 0.15) is 0 Å². The Morgan fingerprint density at radius 2 is 2.24 bits per heavy atom. The zero-order valence-corrected chi connectivity index (χ0v) is 16.9. The summed E-state index contributed by atoms with van der Waals surface area (Å²) >= 11 is 1.28. The number of allylic oxidation sites excluding steroid dienone is 1. The van der Waals surface area contributed by atoms with E-state index in [4.69, 9.17) is 13.9 Å². The van der Waals surface area contributed by atoms with E-state index in [1.54, 1.807) is 31.4 Å². The Morgan fingerprint density at radius 1 is 1.41 bits per heavy atom. The zero-order valence-electron chi connectivity index (χ0n) is 16.0. The highest BCUT2D eigenvalue weighted by atomic mass is 32.2. The van der Waals surface area contributed by atoms with Crippen molar-refractivity contribution >= 4 is 17.7 Å². The first kappa shape index (κ1) is 19.4. The highest BCUT2D eigenvalue weighted by molar-refractivity contribution is 8.03. The van der Waals surface area contributed by atoms with Crippen molar-refractivity contribution in [2.75, 3.05) is 19.5 Å². The number of aliphatic hydroxyl groups is 1. The summed E-state index contributed by atoms with van der Waals surface area (Å²) in [4.78, 5) is 14.4. The number of hydrogen-bond donors (Lipinski definition) is 1. The summed E-state index contributed by atoms with van der Waals surface area (Å²) in [6.07, 6.45) is 1.52. The van der Waals surface area contributed by atoms with Gasteiger partial charge in [-0.15, -0.1) is 11.8 Å². The lowest BCUT2D eigenvalue weighted by molar-refractivity contribution is -0.152. The van der Waals surface area contributed by atoms with Crippen LogP contribution in [0.4, 0.5) is 0 Å². The Balaban J connectivity index is 1.77. The second-order valence-corrected chi connectivity index (χ2v) is 7.71. The quantitative estimate of drug-likeness (QED) is 0.805. The Morgan fingerprint density at radius 3 is 2.90 bits per heavy atom. The van der Waals surface area contributed by atoms with Gasteiger partial charge in [-0.25, -0.2) is 0 Å². The van der Waals surface area contributed by atoms with Crippen molar-refractivity contribution in [3.8, 4) is 17.6 Å². The van der Waals surface area contributed by atoms with Gasteiger partial charge in [-0.1, -0.05) is 6.07 Å². The number of carbonyl (C=O) groups is 1. The third-order valence-corrected chi connectivity index (χ3v) is 6.34. The number of furan rings is 1. The molecule has 1 fully saturated rings. The molecular formula is C21H20N2O5S. The van der Waals surface area contributed by atoms with Crippen LogP contribution in [0.3, 0.4) is 0 Å². The van der Waals surface area contributed by atoms with Crippen molar-refractivity contribution in [2.45, 2.75) is 25.0 Å². The maximum atomic E-state index is 13.1. The van der Waals surface area contributed by atoms with Crippen LogP contribution >= 0.6 is 11.8 Å². The molecule has 1 amide bonds. The fourth-order valence-corrected chi connectivity index (χ4v) is 5.11. The first-order valence-electron chi connectivity index (χ1n) is 9.20. The lowest BCUT2D eigenvalue weighted by Gasteiger charge is -2.36. The molecule has 2 aliphatic rings. The lowest BCUT2D eigenvalue weighted by atomic mass is 9.85. The van der Waals surface area contributed by atoms with E-state index in [2.05, 4.69) is 6.07 Å². The number of nitriles is 1. The fraction of sp³-hybridized carbons (Fsp3) is 0.333. The molecule has 0 saturated carbocycles. The van der Waals surface area contributed by atoms with Crippen molar-refractivity contribution < 1.29 is 23.8 Å². The van der Waals surface area contributed by atoms with E-state index in [1.807, 2.05) is 13.0 Å². The van der Waals surface area contributed by atoms with Gasteiger partial charge in [-0.05, 0) is 36.8 Å². The Labute approximate surface area is 172 Å². The molecule has 7 nitrogen and oxygen atoms in total. The number of ether oxygens (including phenoxy) is 2. The van der Waals surface area contributed by atoms with Crippen LogP contribution in [0.15, 0.2) is 51.6 Å². The van der Waals surface area contributed by atoms with E-state index < -0.39 is 11.6 Å². The minimum Gasteiger partial charge on any atom is -0.493 e. The van der Waals surface area contributed by atoms with Crippen molar-refractivity contribution in [2.24, 2.45) is 0 Å². The molecule has 0 unspecified atom stereocenters. The van der Waals surface area contributed by atoms with Crippen LogP contribution < -0.4 is 9.47 Å². The maximum Gasteiger partial charge on any atom is 0.231 e. The molecule has 1 saturated heterocycles. The summed E-state index contributed by atoms with van der Waals surface area (Å²) in [5.41, 5.74) is -0.357. The van der Waals surface area contributed by atoms with Gasteiger partial charge in [-0.2, -0.15) is 5.26 Å². The summed E-state index contributed by atoms with van der Waals surface area (Å²) < 4.78 is 16.3. The van der Waals surface area contributed by atoms with Gasteiger partial charge in [0, 0.05) is 12.3 Å². The number of carbonyl (C=O) groups excluding carboxylic acids is 1. The van der Waals surface area contributed by atoms with Crippen LogP contribution in [0.25, 0.3) is 0 Å². The second-order valence-electron chi connectivity index (χ2n) is 6.74. The molecule has 4 rings (SSSR count). The number of thioether (sulfide) groups is 1. The molecule has 2 aromatic rings. The smallest absolute Gasteiger partial charge is 0.231 e. The number of benzene rings is 1. The molecule has 3 heterocycles. The van der Waals surface area contributed by atoms with Crippen molar-refractivity contribution in [1.29, 1.82) is 5.26 Å². The molecule has 0 bridgehead atoms. The molecule has 0 radical (unpaired) electrons. The Bertz CT molecular complexity index is 1010. The molecule has 2 atom stereocenters. The first-order valence-corrected chi connectivity index (χ1v) is 10.2. The van der Waals surface area contributed by atoms with Gasteiger partial charge in [0.05, 0.1) is 42.4 Å². The molecular weight excluding hydrogens is 392 g/mol. The van der Waals surface area contributed by atoms with E-state index in [1.165, 1.54) is 22.9 Å². The molecule has 8 heteroatoms. The second kappa shape index (κ2) is 7.50. The average molecular weight is 412 g/mol. The Kier molecular flexibility index (Phi) is 5.03. The summed E-state index contributed by atoms with van der Waals surface area (Å²) in [7, 11) is 1.55. The molecule has 150 valence electrons. The third kappa shape index (κ3) is 3.07. The summed E-state index contributed by atoms with van der Waals surface area (Å²) in [5.74, 6) is 0.956. The van der Waals surface area contributed by atoms with Crippen molar-refractivity contribution in [1.82, 2.24) is 4.90 Å². The highest BCUT2D eigenvalue weighted by Crippen LogP contribution is 2.52. The maximum absolute atomic E-state index is 13.1. The first-order chi connectivity index (χ1) is 14.0. The van der Waals surface area contributed by atoms with Crippen LogP contribution in [-0.2, 0) is 10.5 Å². The summed E-state index contributed by atoms with van der Waals surface area (Å²) in [6.45, 7) is 2.39. The topological polar surface area (TPSA) is 95.9 Å². The number of fused-ring (bicyclic) bond motifs is 1. The molecule has 1 aromatic carbocycles. The van der Waals surface area contributed by atoms with Gasteiger partial charge in [0.2, 0.25) is 11.6 Å². The zero-order chi connectivity index (χ0) is 20.6. The van der Waals surface area contributed by atoms with E-state index in [0.717, 1.165) is 5.56 Å². The van der Waals surface area contributed by atoms with Crippen LogP contribution in [0.5, 0.6) is 11.5 Å². The van der Waals surface area contributed by atoms with E-state index in [-0.39, 0.29) is 23.8 Å². The standard InChI is InChI=1S/C21H20N2O5S/c1-3-27-16-7-6-13(9-17(16)26-2)14-10-19(24)23-20(15(14)11-22)29-12-21(23,25)18-5-4-8-28-18/h4-9,14,25H,3,10,12H2,1-2H3/t14-,21-/m1/s1. The lowest BCUT2D eigenvalue weighted by Crippen LogP contribution is -2.48. The predicted octanol–water partition coefficient (Wildman–Crippen LogP) is 3.33. The predicted molar refractivity (Wildman–Crippen MR) is 106 cm³/mol. The minimum absolute atomic E-state index is 0.0626. The number of methoxy groups -OCH3 is 1. The summed E-state index contributed by atoms with van der Waals surface area (Å²) in [6, 6.07) is 11.0. The van der Waals surface area contributed by atoms with Gasteiger partial charge in [-0.3, -0.25) is 9.69 Å². The van der Waals surface area contributed by atoms with E-state index in [0.29, 0.717) is 28.7 Å². The van der Waals surface area contributed by atoms with Crippen LogP contribution in [0.2, 0.25) is 0 Å². The molecule has 2 aliphatic heterocycles. The fourth-order valence-electron chi connectivity index (χ4n) is 3.77. The molecule has 0 aliphatic carbocycles. The van der Waals surface area contributed by atoms with Gasteiger partial charge in [0.15, 0.2) is 17.3 Å². The van der Waals surface area contributed by atoms with Crippen molar-refractivity contribution in [3.63, 3.8) is 0 Å². The average Bonchev–Trinajstić information content (AvgIpc) is 3.38. The molecule has 0 spiro atoms. The number of amides is 1. The molecule has 1 N–H and O–H groups in total. The van der Waals surface area contributed by atoms with Crippen molar-refractivity contribution in [3.05, 3.63) is 58.5 Å². The van der Waals surface area contributed by atoms with Gasteiger partial charge in [0.25, 0.3) is 0 Å². The van der Waals surface area contributed by atoms with E-state index in [9.17, 15) is 15.2 Å². The number of rotatable bonds is 5. The minimum atomic E-state index is -1.59. The summed E-state index contributed by atoms with van der Waals surface area (Å²) in [5, 5.41) is 21.5. The largest absolute Gasteiger partial charge is 0.493 e. The SMILES string of the molecule is CCOc1ccc([C@H]2CC(=O)N3C(=C2C#N)SC[C@@]3(O)c2ccco2)cc1OC. The molecule has 29 heavy (non-hydrogen) atoms. The van der Waals surface area contributed by atoms with Crippen LogP contribution in [-0.4, -0.2) is 35.4 Å². The van der Waals surface area contributed by atoms with E-state index >= 15 is 0 Å². The number of hydrogen-bond acceptors (Lipinski definition) is 7. The third-order valence-electron chi connectivity index (χ3n) is 5.12. The number of nitrogens with zero attached hydrogens (tertiary/aromatic N) is 2. The Hall–Kier alpha value is -2.89. The monoisotopic (exact) mass is 412 g/mol. The normalized spacial score (nSPS) is 23.7. The van der Waals surface area contributed by atoms with Gasteiger partial charge < -0.3 is 19.0 Å². The van der Waals surface area contributed by atoms with Gasteiger partial charge >= 0.3 is 0 Å². The van der Waals surface area contributed by atoms with Crippen LogP contribution in [0, 0.1) is 11.3 Å². The highest BCUT2D eigenvalue weighted by Gasteiger charge is 2.53. The molecule has 1 aromatic heterocycles. The van der Waals surface area contributed by atoms with Crippen LogP contribution in [0.1, 0.15) is 30.6 Å².